The highest BCUT2D eigenvalue weighted by Crippen LogP contribution is 2.34. The van der Waals surface area contributed by atoms with E-state index in [1.54, 1.807) is 25.3 Å². The average Bonchev–Trinajstić information content (AvgIpc) is 3.12. The molecule has 1 aliphatic carbocycles. The molecule has 1 N–H and O–H groups in total. The third kappa shape index (κ3) is 2.31. The quantitative estimate of drug-likeness (QED) is 0.843. The van der Waals surface area contributed by atoms with Crippen molar-refractivity contribution in [1.29, 1.82) is 0 Å². The first kappa shape index (κ1) is 12.0. The average molecular weight is 234 g/mol. The minimum atomic E-state index is -1.04. The van der Waals surface area contributed by atoms with Gasteiger partial charge in [-0.05, 0) is 44.9 Å². The summed E-state index contributed by atoms with van der Waals surface area (Å²) in [5.74, 6) is -0.193. The monoisotopic (exact) mass is 234 g/mol. The van der Waals surface area contributed by atoms with Crippen molar-refractivity contribution in [2.24, 2.45) is 5.92 Å². The van der Waals surface area contributed by atoms with E-state index in [2.05, 4.69) is 4.98 Å². The third-order valence-electron chi connectivity index (χ3n) is 3.57. The molecule has 1 heterocycles. The highest BCUT2D eigenvalue weighted by atomic mass is 16.4. The van der Waals surface area contributed by atoms with Crippen molar-refractivity contribution in [3.05, 3.63) is 30.1 Å². The zero-order chi connectivity index (χ0) is 12.5. The summed E-state index contributed by atoms with van der Waals surface area (Å²) in [5.41, 5.74) is -0.445. The van der Waals surface area contributed by atoms with Crippen LogP contribution in [0.25, 0.3) is 0 Å². The SMILES string of the molecule is CN(CC1CC1)C(C)(C(=O)O)c1ccccn1. The molecule has 0 radical (unpaired) electrons. The Morgan fingerprint density at radius 3 is 2.76 bits per heavy atom. The molecule has 1 aliphatic rings. The molecule has 1 saturated carbocycles. The topological polar surface area (TPSA) is 53.4 Å². The predicted octanol–water partition coefficient (Wildman–Crippen LogP) is 1.72. The maximum atomic E-state index is 11.6. The van der Waals surface area contributed by atoms with E-state index in [-0.39, 0.29) is 0 Å². The number of aromatic nitrogens is 1. The molecule has 1 aromatic heterocycles. The summed E-state index contributed by atoms with van der Waals surface area (Å²) in [7, 11) is 1.86. The van der Waals surface area contributed by atoms with E-state index in [0.717, 1.165) is 6.54 Å². The normalized spacial score (nSPS) is 19.0. The zero-order valence-corrected chi connectivity index (χ0v) is 10.3. The lowest BCUT2D eigenvalue weighted by Crippen LogP contribution is -2.49. The summed E-state index contributed by atoms with van der Waals surface area (Å²) in [6.07, 6.45) is 4.06. The van der Waals surface area contributed by atoms with E-state index >= 15 is 0 Å². The van der Waals surface area contributed by atoms with Gasteiger partial charge in [-0.1, -0.05) is 6.07 Å². The summed E-state index contributed by atoms with van der Waals surface area (Å²) in [6, 6.07) is 5.40. The van der Waals surface area contributed by atoms with E-state index in [4.69, 9.17) is 0 Å². The molecule has 1 aromatic rings. The summed E-state index contributed by atoms with van der Waals surface area (Å²) < 4.78 is 0. The van der Waals surface area contributed by atoms with Gasteiger partial charge in [0.1, 0.15) is 0 Å². The Kier molecular flexibility index (Phi) is 3.15. The number of aliphatic carboxylic acids is 1. The minimum absolute atomic E-state index is 0.593. The first-order valence-electron chi connectivity index (χ1n) is 5.91. The standard InChI is InChI=1S/C13H18N2O2/c1-13(12(16)17,11-5-3-4-8-14-11)15(2)9-10-6-7-10/h3-5,8,10H,6-7,9H2,1-2H3,(H,16,17). The fourth-order valence-corrected chi connectivity index (χ4v) is 1.99. The Bertz CT molecular complexity index is 403. The van der Waals surface area contributed by atoms with E-state index in [9.17, 15) is 9.90 Å². The first-order chi connectivity index (χ1) is 8.05. The minimum Gasteiger partial charge on any atom is -0.480 e. The molecule has 0 spiro atoms. The Morgan fingerprint density at radius 1 is 1.59 bits per heavy atom. The predicted molar refractivity (Wildman–Crippen MR) is 64.6 cm³/mol. The molecular weight excluding hydrogens is 216 g/mol. The van der Waals surface area contributed by atoms with Crippen LogP contribution in [0.5, 0.6) is 0 Å². The van der Waals surface area contributed by atoms with Crippen molar-refractivity contribution < 1.29 is 9.90 Å². The van der Waals surface area contributed by atoms with Crippen LogP contribution in [-0.2, 0) is 10.3 Å². The van der Waals surface area contributed by atoms with Gasteiger partial charge in [-0.25, -0.2) is 4.79 Å². The number of nitrogens with zero attached hydrogens (tertiary/aromatic N) is 2. The van der Waals surface area contributed by atoms with Gasteiger partial charge in [-0.2, -0.15) is 0 Å². The number of likely N-dealkylation sites (N-methyl/N-ethyl adjacent to an activating group) is 1. The van der Waals surface area contributed by atoms with Crippen molar-refractivity contribution in [1.82, 2.24) is 9.88 Å². The van der Waals surface area contributed by atoms with Gasteiger partial charge in [0.2, 0.25) is 0 Å². The Balaban J connectivity index is 2.27. The maximum Gasteiger partial charge on any atom is 0.330 e. The number of carboxylic acid groups (broad SMARTS) is 1. The number of carboxylic acids is 1. The molecule has 0 aliphatic heterocycles. The molecule has 4 nitrogen and oxygen atoms in total. The number of hydrogen-bond donors (Lipinski definition) is 1. The van der Waals surface area contributed by atoms with Gasteiger partial charge < -0.3 is 5.11 Å². The van der Waals surface area contributed by atoms with Crippen LogP contribution in [0.4, 0.5) is 0 Å². The number of rotatable bonds is 5. The molecule has 4 heteroatoms. The van der Waals surface area contributed by atoms with Gasteiger partial charge in [0, 0.05) is 12.7 Å². The smallest absolute Gasteiger partial charge is 0.330 e. The fourth-order valence-electron chi connectivity index (χ4n) is 1.99. The summed E-state index contributed by atoms with van der Waals surface area (Å²) in [6.45, 7) is 2.54. The Hall–Kier alpha value is -1.42. The maximum absolute atomic E-state index is 11.6. The summed E-state index contributed by atoms with van der Waals surface area (Å²) in [5, 5.41) is 9.51. The third-order valence-corrected chi connectivity index (χ3v) is 3.57. The second-order valence-corrected chi connectivity index (χ2v) is 4.92. The second kappa shape index (κ2) is 4.45. The van der Waals surface area contributed by atoms with Gasteiger partial charge in [-0.3, -0.25) is 9.88 Å². The van der Waals surface area contributed by atoms with E-state index in [1.807, 2.05) is 18.0 Å². The van der Waals surface area contributed by atoms with E-state index in [1.165, 1.54) is 12.8 Å². The molecular formula is C13H18N2O2. The van der Waals surface area contributed by atoms with Crippen LogP contribution in [0.15, 0.2) is 24.4 Å². The van der Waals surface area contributed by atoms with Crippen LogP contribution in [0, 0.1) is 5.92 Å². The van der Waals surface area contributed by atoms with Gasteiger partial charge in [0.05, 0.1) is 5.69 Å². The van der Waals surface area contributed by atoms with Crippen LogP contribution in [0.3, 0.4) is 0 Å². The molecule has 92 valence electrons. The molecule has 1 unspecified atom stereocenters. The molecule has 2 rings (SSSR count). The van der Waals surface area contributed by atoms with Crippen LogP contribution < -0.4 is 0 Å². The molecule has 17 heavy (non-hydrogen) atoms. The molecule has 1 atom stereocenters. The van der Waals surface area contributed by atoms with Gasteiger partial charge in [-0.15, -0.1) is 0 Å². The van der Waals surface area contributed by atoms with Crippen LogP contribution >= 0.6 is 0 Å². The van der Waals surface area contributed by atoms with Gasteiger partial charge in [0.15, 0.2) is 5.54 Å². The van der Waals surface area contributed by atoms with Crippen molar-refractivity contribution >= 4 is 5.97 Å². The zero-order valence-electron chi connectivity index (χ0n) is 10.3. The number of pyridine rings is 1. The molecule has 0 amide bonds. The highest BCUT2D eigenvalue weighted by Gasteiger charge is 2.42. The lowest BCUT2D eigenvalue weighted by atomic mass is 9.95. The molecule has 0 saturated heterocycles. The van der Waals surface area contributed by atoms with Gasteiger partial charge in [0.25, 0.3) is 0 Å². The number of carbonyl (C=O) groups is 1. The van der Waals surface area contributed by atoms with Crippen molar-refractivity contribution in [3.8, 4) is 0 Å². The van der Waals surface area contributed by atoms with Crippen LogP contribution in [0.2, 0.25) is 0 Å². The van der Waals surface area contributed by atoms with E-state index < -0.39 is 11.5 Å². The van der Waals surface area contributed by atoms with Gasteiger partial charge >= 0.3 is 5.97 Å². The molecule has 1 fully saturated rings. The van der Waals surface area contributed by atoms with E-state index in [0.29, 0.717) is 11.6 Å². The highest BCUT2D eigenvalue weighted by molar-refractivity contribution is 5.79. The molecule has 0 aromatic carbocycles. The lowest BCUT2D eigenvalue weighted by molar-refractivity contribution is -0.150. The second-order valence-electron chi connectivity index (χ2n) is 4.92. The largest absolute Gasteiger partial charge is 0.480 e. The Labute approximate surface area is 101 Å². The Morgan fingerprint density at radius 2 is 2.29 bits per heavy atom. The van der Waals surface area contributed by atoms with Crippen molar-refractivity contribution in [3.63, 3.8) is 0 Å². The van der Waals surface area contributed by atoms with Crippen molar-refractivity contribution in [2.45, 2.75) is 25.3 Å². The fraction of sp³-hybridized carbons (Fsp3) is 0.538. The summed E-state index contributed by atoms with van der Waals surface area (Å²) >= 11 is 0. The first-order valence-corrected chi connectivity index (χ1v) is 5.91. The van der Waals surface area contributed by atoms with Crippen LogP contribution in [-0.4, -0.2) is 34.6 Å². The van der Waals surface area contributed by atoms with Crippen molar-refractivity contribution in [2.75, 3.05) is 13.6 Å². The lowest BCUT2D eigenvalue weighted by Gasteiger charge is -2.34. The number of hydrogen-bond acceptors (Lipinski definition) is 3. The van der Waals surface area contributed by atoms with Crippen LogP contribution in [0.1, 0.15) is 25.5 Å². The molecule has 0 bridgehead atoms. The summed E-state index contributed by atoms with van der Waals surface area (Å²) in [4.78, 5) is 17.7.